The van der Waals surface area contributed by atoms with E-state index in [0.29, 0.717) is 32.7 Å². The number of amides is 2. The van der Waals surface area contributed by atoms with Crippen LogP contribution in [0.15, 0.2) is 42.5 Å². The normalized spacial score (nSPS) is 20.7. The number of aromatic nitrogens is 1. The molecule has 0 unspecified atom stereocenters. The molecule has 39 heavy (non-hydrogen) atoms. The second kappa shape index (κ2) is 13.1. The highest BCUT2D eigenvalue weighted by molar-refractivity contribution is 5.69. The van der Waals surface area contributed by atoms with E-state index in [-0.39, 0.29) is 24.8 Å². The topological polar surface area (TPSA) is 111 Å². The number of aryl methyl sites for hydroxylation is 1. The third-order valence-corrected chi connectivity index (χ3v) is 6.70. The highest BCUT2D eigenvalue weighted by Crippen LogP contribution is 2.26. The smallest absolute Gasteiger partial charge is 0.408 e. The number of rotatable bonds is 9. The number of ether oxygens (including phenoxy) is 4. The zero-order valence-electron chi connectivity index (χ0n) is 23.3. The van der Waals surface area contributed by atoms with Crippen LogP contribution in [-0.4, -0.2) is 74.4 Å². The molecule has 2 N–H and O–H groups in total. The van der Waals surface area contributed by atoms with E-state index in [1.165, 1.54) is 0 Å². The average molecular weight is 541 g/mol. The van der Waals surface area contributed by atoms with E-state index in [1.807, 2.05) is 57.2 Å². The number of nitrogens with one attached hydrogen (secondary N) is 2. The van der Waals surface area contributed by atoms with Gasteiger partial charge in [-0.25, -0.2) is 14.6 Å². The molecule has 1 saturated heterocycles. The average Bonchev–Trinajstić information content (AvgIpc) is 3.29. The number of fused-ring (bicyclic) bond motifs is 1. The molecule has 2 amide bonds. The largest absolute Gasteiger partial charge is 0.445 e. The van der Waals surface area contributed by atoms with Gasteiger partial charge >= 0.3 is 12.2 Å². The highest BCUT2D eigenvalue weighted by Gasteiger charge is 2.36. The van der Waals surface area contributed by atoms with Crippen molar-refractivity contribution in [2.75, 3.05) is 38.3 Å². The Morgan fingerprint density at radius 1 is 1.03 bits per heavy atom. The van der Waals surface area contributed by atoms with Crippen molar-refractivity contribution in [3.63, 3.8) is 0 Å². The molecule has 3 atom stereocenters. The lowest BCUT2D eigenvalue weighted by atomic mass is 9.92. The summed E-state index contributed by atoms with van der Waals surface area (Å²) in [5.74, 6) is 0.844. The van der Waals surface area contributed by atoms with Crippen molar-refractivity contribution in [1.82, 2.24) is 15.6 Å². The molecule has 0 saturated carbocycles. The van der Waals surface area contributed by atoms with Crippen molar-refractivity contribution in [2.24, 2.45) is 0 Å². The van der Waals surface area contributed by atoms with Gasteiger partial charge in [0, 0.05) is 31.9 Å². The van der Waals surface area contributed by atoms with Crippen molar-refractivity contribution in [2.45, 2.75) is 70.4 Å². The Morgan fingerprint density at radius 3 is 2.56 bits per heavy atom. The van der Waals surface area contributed by atoms with Gasteiger partial charge in [-0.15, -0.1) is 0 Å². The molecular formula is C29H40N4O6. The minimum atomic E-state index is -0.583. The molecule has 10 heteroatoms. The van der Waals surface area contributed by atoms with Gasteiger partial charge in [0.25, 0.3) is 0 Å². The van der Waals surface area contributed by atoms with E-state index in [1.54, 1.807) is 7.11 Å². The summed E-state index contributed by atoms with van der Waals surface area (Å²) in [4.78, 5) is 31.9. The van der Waals surface area contributed by atoms with Crippen molar-refractivity contribution >= 4 is 18.0 Å². The number of anilines is 1. The van der Waals surface area contributed by atoms with E-state index < -0.39 is 17.8 Å². The minimum Gasteiger partial charge on any atom is -0.445 e. The highest BCUT2D eigenvalue weighted by atomic mass is 16.6. The lowest BCUT2D eigenvalue weighted by Gasteiger charge is -2.26. The standard InChI is InChI=1S/C29H40N4O6/c1-29(2,3)39-28(35)32-24-17-33(18-25(24)37-15-14-36-4)26-13-10-21-16-22(11-12-23(21)31-26)30-27(34)38-19-20-8-6-5-7-9-20/h5-10,13,22,24-25H,11-12,14-19H2,1-4H3,(H,30,34)(H,32,35)/t22-,24+,25+/m0/s1. The lowest BCUT2D eigenvalue weighted by molar-refractivity contribution is 0.00946. The first-order valence-corrected chi connectivity index (χ1v) is 13.5. The van der Waals surface area contributed by atoms with Crippen LogP contribution >= 0.6 is 0 Å². The van der Waals surface area contributed by atoms with Gasteiger partial charge in [0.05, 0.1) is 25.4 Å². The van der Waals surface area contributed by atoms with E-state index in [0.717, 1.165) is 35.5 Å². The number of alkyl carbamates (subject to hydrolysis) is 2. The van der Waals surface area contributed by atoms with Gasteiger partial charge in [0.1, 0.15) is 18.0 Å². The molecule has 2 aliphatic rings. The van der Waals surface area contributed by atoms with Crippen LogP contribution in [0.1, 0.15) is 44.0 Å². The van der Waals surface area contributed by atoms with Crippen LogP contribution in [0.4, 0.5) is 15.4 Å². The molecule has 4 rings (SSSR count). The Bertz CT molecular complexity index is 1110. The Balaban J connectivity index is 1.33. The molecule has 1 aromatic heterocycles. The van der Waals surface area contributed by atoms with Crippen LogP contribution in [0.3, 0.4) is 0 Å². The number of methoxy groups -OCH3 is 1. The molecule has 0 bridgehead atoms. The Morgan fingerprint density at radius 2 is 1.82 bits per heavy atom. The van der Waals surface area contributed by atoms with Gasteiger partial charge in [-0.1, -0.05) is 36.4 Å². The Labute approximate surface area is 230 Å². The zero-order chi connectivity index (χ0) is 27.8. The second-order valence-electron chi connectivity index (χ2n) is 11.0. The monoisotopic (exact) mass is 540 g/mol. The number of carbonyl (C=O) groups excluding carboxylic acids is 2. The molecular weight excluding hydrogens is 500 g/mol. The second-order valence-corrected chi connectivity index (χ2v) is 11.0. The fraction of sp³-hybridized carbons (Fsp3) is 0.552. The number of benzene rings is 1. The lowest BCUT2D eigenvalue weighted by Crippen LogP contribution is -2.46. The fourth-order valence-corrected chi connectivity index (χ4v) is 4.84. The maximum atomic E-state index is 12.5. The van der Waals surface area contributed by atoms with Gasteiger partial charge < -0.3 is 34.5 Å². The van der Waals surface area contributed by atoms with Crippen LogP contribution in [0.2, 0.25) is 0 Å². The van der Waals surface area contributed by atoms with Crippen LogP contribution < -0.4 is 15.5 Å². The minimum absolute atomic E-state index is 0.00110. The molecule has 212 valence electrons. The molecule has 2 heterocycles. The molecule has 1 fully saturated rings. The third-order valence-electron chi connectivity index (χ3n) is 6.70. The summed E-state index contributed by atoms with van der Waals surface area (Å²) in [5, 5.41) is 5.96. The van der Waals surface area contributed by atoms with Gasteiger partial charge in [-0.3, -0.25) is 0 Å². The van der Waals surface area contributed by atoms with Crippen molar-refractivity contribution in [1.29, 1.82) is 0 Å². The first-order chi connectivity index (χ1) is 18.7. The number of hydrogen-bond acceptors (Lipinski definition) is 8. The maximum Gasteiger partial charge on any atom is 0.408 e. The molecule has 10 nitrogen and oxygen atoms in total. The van der Waals surface area contributed by atoms with Crippen molar-refractivity contribution < 1.29 is 28.5 Å². The van der Waals surface area contributed by atoms with Gasteiger partial charge in [-0.05, 0) is 57.2 Å². The predicted octanol–water partition coefficient (Wildman–Crippen LogP) is 3.61. The quantitative estimate of drug-likeness (QED) is 0.464. The van der Waals surface area contributed by atoms with E-state index in [4.69, 9.17) is 23.9 Å². The van der Waals surface area contributed by atoms with Gasteiger partial charge in [-0.2, -0.15) is 0 Å². The summed E-state index contributed by atoms with van der Waals surface area (Å²) in [7, 11) is 1.63. The van der Waals surface area contributed by atoms with Crippen LogP contribution in [0.25, 0.3) is 0 Å². The molecule has 2 aromatic rings. The summed E-state index contributed by atoms with van der Waals surface area (Å²) in [6, 6.07) is 13.5. The molecule has 1 aromatic carbocycles. The Hall–Kier alpha value is -3.37. The number of hydrogen-bond donors (Lipinski definition) is 2. The third kappa shape index (κ3) is 8.56. The fourth-order valence-electron chi connectivity index (χ4n) is 4.84. The first-order valence-electron chi connectivity index (χ1n) is 13.5. The van der Waals surface area contributed by atoms with Crippen LogP contribution in [0.5, 0.6) is 0 Å². The SMILES string of the molecule is COCCO[C@@H]1CN(c2ccc3c(n2)CC[C@H](NC(=O)OCc2ccccc2)C3)C[C@H]1NC(=O)OC(C)(C)C. The van der Waals surface area contributed by atoms with Crippen molar-refractivity contribution in [3.05, 3.63) is 59.3 Å². The van der Waals surface area contributed by atoms with Crippen LogP contribution in [-0.2, 0) is 38.4 Å². The number of carbonyl (C=O) groups is 2. The molecule has 1 aliphatic heterocycles. The maximum absolute atomic E-state index is 12.5. The van der Waals surface area contributed by atoms with Gasteiger partial charge in [0.2, 0.25) is 0 Å². The van der Waals surface area contributed by atoms with E-state index >= 15 is 0 Å². The van der Waals surface area contributed by atoms with Crippen LogP contribution in [0, 0.1) is 0 Å². The summed E-state index contributed by atoms with van der Waals surface area (Å²) < 4.78 is 22.0. The van der Waals surface area contributed by atoms with Gasteiger partial charge in [0.15, 0.2) is 0 Å². The summed E-state index contributed by atoms with van der Waals surface area (Å²) in [5.41, 5.74) is 2.52. The molecule has 0 spiro atoms. The number of nitrogens with zero attached hydrogens (tertiary/aromatic N) is 2. The predicted molar refractivity (Wildman–Crippen MR) is 147 cm³/mol. The molecule has 1 aliphatic carbocycles. The van der Waals surface area contributed by atoms with Crippen molar-refractivity contribution in [3.8, 4) is 0 Å². The molecule has 0 radical (unpaired) electrons. The number of pyridine rings is 1. The first kappa shape index (κ1) is 28.6. The van der Waals surface area contributed by atoms with E-state index in [9.17, 15) is 9.59 Å². The zero-order valence-corrected chi connectivity index (χ0v) is 23.3. The summed E-state index contributed by atoms with van der Waals surface area (Å²) in [6.45, 7) is 7.81. The Kier molecular flexibility index (Phi) is 9.63. The summed E-state index contributed by atoms with van der Waals surface area (Å²) in [6.07, 6.45) is 1.16. The summed E-state index contributed by atoms with van der Waals surface area (Å²) >= 11 is 0. The van der Waals surface area contributed by atoms with E-state index in [2.05, 4.69) is 21.6 Å².